The van der Waals surface area contributed by atoms with Gasteiger partial charge < -0.3 is 0 Å². The monoisotopic (exact) mass is 299 g/mol. The molecule has 0 unspecified atom stereocenters. The lowest BCUT2D eigenvalue weighted by atomic mass is 10.2. The molecule has 1 aromatic heterocycles. The van der Waals surface area contributed by atoms with Gasteiger partial charge in [-0.2, -0.15) is 0 Å². The average Bonchev–Trinajstić information content (AvgIpc) is 2.83. The molecule has 3 rings (SSSR count). The Balaban J connectivity index is 2.09. The third kappa shape index (κ3) is 1.95. The Labute approximate surface area is 113 Å². The van der Waals surface area contributed by atoms with E-state index in [1.54, 1.807) is 0 Å². The van der Waals surface area contributed by atoms with Gasteiger partial charge in [-0.1, -0.05) is 60.7 Å². The van der Waals surface area contributed by atoms with Gasteiger partial charge in [-0.3, -0.25) is 0 Å². The molecule has 0 radical (unpaired) electrons. The third-order valence-corrected chi connectivity index (χ3v) is 3.35. The lowest BCUT2D eigenvalue weighted by Gasteiger charge is -2.01. The Morgan fingerprint density at radius 2 is 1.06 bits per heavy atom. The molecule has 18 heavy (non-hydrogen) atoms. The summed E-state index contributed by atoms with van der Waals surface area (Å²) in [5, 5.41) is 8.46. The van der Waals surface area contributed by atoms with Crippen molar-refractivity contribution in [3.8, 4) is 22.8 Å². The molecule has 0 fully saturated rings. The van der Waals surface area contributed by atoms with Gasteiger partial charge in [0.05, 0.1) is 16.1 Å². The predicted octanol–water partition coefficient (Wildman–Crippen LogP) is 3.77. The highest BCUT2D eigenvalue weighted by Crippen LogP contribution is 2.25. The average molecular weight is 300 g/mol. The van der Waals surface area contributed by atoms with Gasteiger partial charge in [0.1, 0.15) is 0 Å². The van der Waals surface area contributed by atoms with Crippen molar-refractivity contribution in [3.63, 3.8) is 0 Å². The highest BCUT2D eigenvalue weighted by molar-refractivity contribution is 9.08. The number of halogens is 1. The molecular formula is C14H10BrN3. The van der Waals surface area contributed by atoms with E-state index in [4.69, 9.17) is 0 Å². The van der Waals surface area contributed by atoms with Crippen molar-refractivity contribution in [2.75, 3.05) is 0 Å². The summed E-state index contributed by atoms with van der Waals surface area (Å²) in [6.45, 7) is 0. The van der Waals surface area contributed by atoms with Crippen molar-refractivity contribution in [1.82, 2.24) is 13.8 Å². The fraction of sp³-hybridized carbons (Fsp3) is 0. The summed E-state index contributed by atoms with van der Waals surface area (Å²) in [5.74, 6) is 1.60. The van der Waals surface area contributed by atoms with Crippen LogP contribution in [0.3, 0.4) is 0 Å². The van der Waals surface area contributed by atoms with Crippen molar-refractivity contribution in [3.05, 3.63) is 60.7 Å². The Morgan fingerprint density at radius 3 is 1.44 bits per heavy atom. The molecule has 0 aliphatic heterocycles. The Hall–Kier alpha value is -1.94. The number of nitrogens with zero attached hydrogens (tertiary/aromatic N) is 3. The minimum Gasteiger partial charge on any atom is -0.239 e. The summed E-state index contributed by atoms with van der Waals surface area (Å²) in [5.41, 5.74) is 2.06. The molecule has 2 aromatic carbocycles. The van der Waals surface area contributed by atoms with Crippen molar-refractivity contribution in [2.24, 2.45) is 0 Å². The molecule has 0 bridgehead atoms. The molecule has 1 heterocycles. The zero-order valence-electron chi connectivity index (χ0n) is 9.49. The lowest BCUT2D eigenvalue weighted by molar-refractivity contribution is 1.10. The highest BCUT2D eigenvalue weighted by Gasteiger charge is 2.12. The van der Waals surface area contributed by atoms with Crippen LogP contribution in [0, 0.1) is 0 Å². The van der Waals surface area contributed by atoms with Crippen molar-refractivity contribution in [1.29, 1.82) is 0 Å². The van der Waals surface area contributed by atoms with Crippen LogP contribution in [0.5, 0.6) is 0 Å². The maximum atomic E-state index is 4.23. The smallest absolute Gasteiger partial charge is 0.174 e. The standard InChI is InChI=1S/C14H10BrN3/c15-18-13(11-7-3-1-4-8-11)16-17-14(18)12-9-5-2-6-10-12/h1-10H. The molecule has 0 aliphatic carbocycles. The van der Waals surface area contributed by atoms with Gasteiger partial charge in [-0.25, -0.2) is 3.59 Å². The maximum absolute atomic E-state index is 4.23. The normalized spacial score (nSPS) is 10.5. The molecule has 4 heteroatoms. The summed E-state index contributed by atoms with van der Waals surface area (Å²) < 4.78 is 1.83. The summed E-state index contributed by atoms with van der Waals surface area (Å²) in [7, 11) is 0. The SMILES string of the molecule is Brn1c(-c2ccccc2)nnc1-c1ccccc1. The first-order valence-electron chi connectivity index (χ1n) is 5.58. The maximum Gasteiger partial charge on any atom is 0.174 e. The molecule has 3 nitrogen and oxygen atoms in total. The van der Waals surface area contributed by atoms with Crippen molar-refractivity contribution in [2.45, 2.75) is 0 Å². The van der Waals surface area contributed by atoms with Crippen LogP contribution in [-0.4, -0.2) is 13.8 Å². The zero-order valence-corrected chi connectivity index (χ0v) is 11.1. The molecule has 0 atom stereocenters. The van der Waals surface area contributed by atoms with E-state index in [0.717, 1.165) is 22.8 Å². The minimum atomic E-state index is 0.800. The van der Waals surface area contributed by atoms with Gasteiger partial charge in [0.2, 0.25) is 0 Å². The van der Waals surface area contributed by atoms with Gasteiger partial charge in [0.25, 0.3) is 0 Å². The summed E-state index contributed by atoms with van der Waals surface area (Å²) in [6, 6.07) is 19.9. The number of aromatic nitrogens is 3. The molecule has 3 aromatic rings. The molecule has 88 valence electrons. The van der Waals surface area contributed by atoms with Crippen LogP contribution in [0.15, 0.2) is 60.7 Å². The van der Waals surface area contributed by atoms with E-state index < -0.39 is 0 Å². The van der Waals surface area contributed by atoms with Gasteiger partial charge in [-0.15, -0.1) is 10.2 Å². The van der Waals surface area contributed by atoms with E-state index in [1.807, 2.05) is 64.3 Å². The fourth-order valence-corrected chi connectivity index (χ4v) is 2.34. The first-order valence-corrected chi connectivity index (χ1v) is 6.29. The number of benzene rings is 2. The summed E-state index contributed by atoms with van der Waals surface area (Å²) in [6.07, 6.45) is 0. The highest BCUT2D eigenvalue weighted by atomic mass is 79.9. The van der Waals surface area contributed by atoms with Gasteiger partial charge >= 0.3 is 0 Å². The molecule has 0 aliphatic rings. The largest absolute Gasteiger partial charge is 0.239 e. The minimum absolute atomic E-state index is 0.800. The zero-order chi connectivity index (χ0) is 12.4. The van der Waals surface area contributed by atoms with Crippen molar-refractivity contribution >= 4 is 16.1 Å². The van der Waals surface area contributed by atoms with E-state index in [9.17, 15) is 0 Å². The van der Waals surface area contributed by atoms with Crippen LogP contribution >= 0.6 is 16.1 Å². The van der Waals surface area contributed by atoms with E-state index >= 15 is 0 Å². The number of hydrogen-bond acceptors (Lipinski definition) is 2. The van der Waals surface area contributed by atoms with Gasteiger partial charge in [0, 0.05) is 11.1 Å². The Kier molecular flexibility index (Phi) is 2.94. The third-order valence-electron chi connectivity index (χ3n) is 2.68. The van der Waals surface area contributed by atoms with Crippen LogP contribution in [0.4, 0.5) is 0 Å². The van der Waals surface area contributed by atoms with Crippen molar-refractivity contribution < 1.29 is 0 Å². The van der Waals surface area contributed by atoms with Crippen LogP contribution in [0.25, 0.3) is 22.8 Å². The molecule has 0 saturated heterocycles. The van der Waals surface area contributed by atoms with Gasteiger partial charge in [-0.05, 0) is 0 Å². The summed E-state index contributed by atoms with van der Waals surface area (Å²) in [4.78, 5) is 0. The Morgan fingerprint density at radius 1 is 0.667 bits per heavy atom. The fourth-order valence-electron chi connectivity index (χ4n) is 1.79. The molecule has 0 N–H and O–H groups in total. The van der Waals surface area contributed by atoms with E-state index in [1.165, 1.54) is 0 Å². The lowest BCUT2D eigenvalue weighted by Crippen LogP contribution is -1.89. The Bertz CT molecular complexity index is 590. The first-order chi connectivity index (χ1) is 8.86. The van der Waals surface area contributed by atoms with E-state index in [-0.39, 0.29) is 0 Å². The molecule has 0 spiro atoms. The summed E-state index contributed by atoms with van der Waals surface area (Å²) >= 11 is 3.52. The molecule has 0 amide bonds. The van der Waals surface area contributed by atoms with Gasteiger partial charge in [0.15, 0.2) is 11.6 Å². The van der Waals surface area contributed by atoms with Crippen LogP contribution < -0.4 is 0 Å². The number of rotatable bonds is 2. The van der Waals surface area contributed by atoms with Crippen LogP contribution in [0.1, 0.15) is 0 Å². The number of hydrogen-bond donors (Lipinski definition) is 0. The van der Waals surface area contributed by atoms with Crippen LogP contribution in [0.2, 0.25) is 0 Å². The second-order valence-corrected chi connectivity index (χ2v) is 4.57. The quantitative estimate of drug-likeness (QED) is 0.721. The second kappa shape index (κ2) is 4.74. The van der Waals surface area contributed by atoms with E-state index in [2.05, 4.69) is 26.3 Å². The molecule has 0 saturated carbocycles. The first kappa shape index (κ1) is 11.2. The topological polar surface area (TPSA) is 30.7 Å². The predicted molar refractivity (Wildman–Crippen MR) is 75.2 cm³/mol. The second-order valence-electron chi connectivity index (χ2n) is 3.86. The van der Waals surface area contributed by atoms with Crippen LogP contribution in [-0.2, 0) is 0 Å². The van der Waals surface area contributed by atoms with E-state index in [0.29, 0.717) is 0 Å². The molecular weight excluding hydrogens is 290 g/mol.